The second kappa shape index (κ2) is 8.96. The highest BCUT2D eigenvalue weighted by Crippen LogP contribution is 2.31. The first-order valence-corrected chi connectivity index (χ1v) is 11.5. The molecule has 1 fully saturated rings. The second-order valence-electron chi connectivity index (χ2n) is 7.79. The summed E-state index contributed by atoms with van der Waals surface area (Å²) in [6, 6.07) is 8.84. The van der Waals surface area contributed by atoms with Crippen molar-refractivity contribution in [1.29, 1.82) is 0 Å². The predicted octanol–water partition coefficient (Wildman–Crippen LogP) is 4.76. The Morgan fingerprint density at radius 2 is 2.03 bits per heavy atom. The zero-order valence-corrected chi connectivity index (χ0v) is 18.2. The molecule has 1 aromatic carbocycles. The quantitative estimate of drug-likeness (QED) is 0.444. The van der Waals surface area contributed by atoms with Crippen LogP contribution in [0.2, 0.25) is 0 Å². The monoisotopic (exact) mass is 450 g/mol. The highest BCUT2D eigenvalue weighted by molar-refractivity contribution is 7.09. The van der Waals surface area contributed by atoms with Gasteiger partial charge in [-0.05, 0) is 42.8 Å². The number of piperidine rings is 1. The van der Waals surface area contributed by atoms with E-state index in [0.29, 0.717) is 23.6 Å². The molecule has 3 aromatic heterocycles. The lowest BCUT2D eigenvalue weighted by atomic mass is 10.1. The molecule has 0 aliphatic carbocycles. The number of carbonyl (C=O) groups excluding carboxylic acids is 1. The standard InChI is InChI=1S/C23H23FN6OS/c24-18-7-4-8-19(21(18)29-9-2-1-3-10-29)28-23(31)22-25-13-20(27-22)16-12-26-30(14-16)15-17-6-5-11-32-17/h4-8,11-14H,1-3,9-10,15H2,(H,25,27)(H,28,31). The molecule has 0 spiro atoms. The number of imidazole rings is 1. The van der Waals surface area contributed by atoms with Crippen molar-refractivity contribution in [3.63, 3.8) is 0 Å². The second-order valence-corrected chi connectivity index (χ2v) is 8.82. The third kappa shape index (κ3) is 4.29. The molecule has 0 bridgehead atoms. The summed E-state index contributed by atoms with van der Waals surface area (Å²) >= 11 is 1.68. The molecule has 1 aliphatic heterocycles. The number of hydrogen-bond acceptors (Lipinski definition) is 5. The highest BCUT2D eigenvalue weighted by Gasteiger charge is 2.21. The third-order valence-corrected chi connectivity index (χ3v) is 6.40. The van der Waals surface area contributed by atoms with Crippen molar-refractivity contribution >= 4 is 28.6 Å². The summed E-state index contributed by atoms with van der Waals surface area (Å²) in [5.41, 5.74) is 2.44. The van der Waals surface area contributed by atoms with Gasteiger partial charge >= 0.3 is 0 Å². The summed E-state index contributed by atoms with van der Waals surface area (Å²) in [4.78, 5) is 23.4. The van der Waals surface area contributed by atoms with Crippen LogP contribution in [0.5, 0.6) is 0 Å². The molecule has 164 valence electrons. The minimum atomic E-state index is -0.411. The van der Waals surface area contributed by atoms with Crippen LogP contribution in [0.4, 0.5) is 15.8 Å². The summed E-state index contributed by atoms with van der Waals surface area (Å²) in [5.74, 6) is -0.575. The number of H-pyrrole nitrogens is 1. The van der Waals surface area contributed by atoms with E-state index in [1.165, 1.54) is 10.9 Å². The van der Waals surface area contributed by atoms with Crippen LogP contribution in [0.3, 0.4) is 0 Å². The maximum absolute atomic E-state index is 14.6. The van der Waals surface area contributed by atoms with Crippen LogP contribution in [0.1, 0.15) is 34.8 Å². The van der Waals surface area contributed by atoms with Crippen LogP contribution >= 0.6 is 11.3 Å². The Kier molecular flexibility index (Phi) is 5.72. The van der Waals surface area contributed by atoms with Gasteiger partial charge < -0.3 is 15.2 Å². The van der Waals surface area contributed by atoms with Crippen LogP contribution in [0, 0.1) is 5.82 Å². The maximum Gasteiger partial charge on any atom is 0.291 e. The van der Waals surface area contributed by atoms with Crippen LogP contribution in [-0.4, -0.2) is 38.7 Å². The van der Waals surface area contributed by atoms with Gasteiger partial charge in [0.05, 0.1) is 36.0 Å². The van der Waals surface area contributed by atoms with Gasteiger partial charge in [-0.1, -0.05) is 12.1 Å². The first-order chi connectivity index (χ1) is 15.7. The van der Waals surface area contributed by atoms with Crippen molar-refractivity contribution in [3.8, 4) is 11.3 Å². The molecule has 0 saturated carbocycles. The molecule has 2 N–H and O–H groups in total. The van der Waals surface area contributed by atoms with Gasteiger partial charge in [0, 0.05) is 29.7 Å². The first kappa shape index (κ1) is 20.4. The molecule has 1 aliphatic rings. The van der Waals surface area contributed by atoms with E-state index in [9.17, 15) is 9.18 Å². The number of aromatic nitrogens is 4. The Bertz CT molecular complexity index is 1210. The lowest BCUT2D eigenvalue weighted by Gasteiger charge is -2.30. The Balaban J connectivity index is 1.32. The normalized spacial score (nSPS) is 14.0. The van der Waals surface area contributed by atoms with Crippen molar-refractivity contribution in [2.45, 2.75) is 25.8 Å². The van der Waals surface area contributed by atoms with E-state index in [0.717, 1.165) is 37.9 Å². The minimum Gasteiger partial charge on any atom is -0.367 e. The molecular weight excluding hydrogens is 427 g/mol. The average molecular weight is 451 g/mol. The van der Waals surface area contributed by atoms with Gasteiger partial charge in [0.25, 0.3) is 5.91 Å². The van der Waals surface area contributed by atoms with Crippen molar-refractivity contribution < 1.29 is 9.18 Å². The van der Waals surface area contributed by atoms with Gasteiger partial charge in [0.1, 0.15) is 5.82 Å². The Morgan fingerprint density at radius 1 is 1.16 bits per heavy atom. The number of aromatic amines is 1. The van der Waals surface area contributed by atoms with Crippen molar-refractivity contribution in [1.82, 2.24) is 19.7 Å². The summed E-state index contributed by atoms with van der Waals surface area (Å²) < 4.78 is 16.5. The fourth-order valence-electron chi connectivity index (χ4n) is 3.97. The minimum absolute atomic E-state index is 0.167. The van der Waals surface area contributed by atoms with Gasteiger partial charge in [-0.3, -0.25) is 9.48 Å². The molecule has 4 heterocycles. The van der Waals surface area contributed by atoms with Crippen LogP contribution in [-0.2, 0) is 6.54 Å². The van der Waals surface area contributed by atoms with Gasteiger partial charge in [0.2, 0.25) is 0 Å². The van der Waals surface area contributed by atoms with E-state index in [1.807, 2.05) is 27.2 Å². The Labute approximate surface area is 188 Å². The molecule has 5 rings (SSSR count). The summed E-state index contributed by atoms with van der Waals surface area (Å²) in [7, 11) is 0. The number of nitrogens with zero attached hydrogens (tertiary/aromatic N) is 4. The third-order valence-electron chi connectivity index (χ3n) is 5.54. The molecule has 1 saturated heterocycles. The first-order valence-electron chi connectivity index (χ1n) is 10.6. The number of benzene rings is 1. The number of halogens is 1. The van der Waals surface area contributed by atoms with Gasteiger partial charge in [0.15, 0.2) is 5.82 Å². The number of amides is 1. The number of rotatable bonds is 6. The summed E-state index contributed by atoms with van der Waals surface area (Å²) in [5, 5.41) is 9.26. The Hall–Kier alpha value is -3.46. The number of hydrogen-bond donors (Lipinski definition) is 2. The van der Waals surface area contributed by atoms with Crippen molar-refractivity contribution in [2.75, 3.05) is 23.3 Å². The van der Waals surface area contributed by atoms with Crippen LogP contribution in [0.15, 0.2) is 54.3 Å². The van der Waals surface area contributed by atoms with E-state index in [4.69, 9.17) is 0 Å². The lowest BCUT2D eigenvalue weighted by molar-refractivity contribution is 0.101. The zero-order chi connectivity index (χ0) is 21.9. The molecule has 7 nitrogen and oxygen atoms in total. The number of para-hydroxylation sites is 1. The molecule has 32 heavy (non-hydrogen) atoms. The van der Waals surface area contributed by atoms with E-state index < -0.39 is 5.91 Å². The molecular formula is C23H23FN6OS. The number of thiophene rings is 1. The van der Waals surface area contributed by atoms with Crippen LogP contribution in [0.25, 0.3) is 11.3 Å². The number of anilines is 2. The average Bonchev–Trinajstić information content (AvgIpc) is 3.57. The predicted molar refractivity (Wildman–Crippen MR) is 124 cm³/mol. The fourth-order valence-corrected chi connectivity index (χ4v) is 4.67. The van der Waals surface area contributed by atoms with Gasteiger partial charge in [-0.15, -0.1) is 11.3 Å². The van der Waals surface area contributed by atoms with E-state index in [-0.39, 0.29) is 11.6 Å². The van der Waals surface area contributed by atoms with Crippen molar-refractivity contribution in [2.24, 2.45) is 0 Å². The number of nitrogens with one attached hydrogen (secondary N) is 2. The topological polar surface area (TPSA) is 78.8 Å². The summed E-state index contributed by atoms with van der Waals surface area (Å²) in [6.07, 6.45) is 8.44. The van der Waals surface area contributed by atoms with Crippen LogP contribution < -0.4 is 10.2 Å². The smallest absolute Gasteiger partial charge is 0.291 e. The van der Waals surface area contributed by atoms with Crippen molar-refractivity contribution in [3.05, 3.63) is 70.8 Å². The molecule has 4 aromatic rings. The fraction of sp³-hybridized carbons (Fsp3) is 0.261. The van der Waals surface area contributed by atoms with E-state index >= 15 is 0 Å². The lowest BCUT2D eigenvalue weighted by Crippen LogP contribution is -2.31. The Morgan fingerprint density at radius 3 is 2.84 bits per heavy atom. The van der Waals surface area contributed by atoms with Gasteiger partial charge in [-0.2, -0.15) is 5.10 Å². The maximum atomic E-state index is 14.6. The molecule has 9 heteroatoms. The van der Waals surface area contributed by atoms with E-state index in [1.54, 1.807) is 35.9 Å². The van der Waals surface area contributed by atoms with Gasteiger partial charge in [-0.25, -0.2) is 9.37 Å². The highest BCUT2D eigenvalue weighted by atomic mass is 32.1. The zero-order valence-electron chi connectivity index (χ0n) is 17.4. The summed E-state index contributed by atoms with van der Waals surface area (Å²) in [6.45, 7) is 2.26. The number of carbonyl (C=O) groups is 1. The van der Waals surface area contributed by atoms with E-state index in [2.05, 4.69) is 26.4 Å². The molecule has 0 unspecified atom stereocenters. The SMILES string of the molecule is O=C(Nc1cccc(F)c1N1CCCCC1)c1ncc(-c2cnn(Cc3cccs3)c2)[nH]1. The molecule has 0 atom stereocenters. The molecule has 1 amide bonds. The largest absolute Gasteiger partial charge is 0.367 e. The molecule has 0 radical (unpaired) electrons.